The van der Waals surface area contributed by atoms with Gasteiger partial charge in [-0.05, 0) is 71.7 Å². The van der Waals surface area contributed by atoms with Crippen LogP contribution >= 0.6 is 22.6 Å². The van der Waals surface area contributed by atoms with Crippen molar-refractivity contribution >= 4 is 22.6 Å². The average molecular weight is 375 g/mol. The van der Waals surface area contributed by atoms with Gasteiger partial charge in [0.1, 0.15) is 5.82 Å². The van der Waals surface area contributed by atoms with E-state index in [-0.39, 0.29) is 11.9 Å². The minimum absolute atomic E-state index is 0.132. The summed E-state index contributed by atoms with van der Waals surface area (Å²) < 4.78 is 19.6. The Kier molecular flexibility index (Phi) is 5.63. The average Bonchev–Trinajstić information content (AvgIpc) is 2.42. The third kappa shape index (κ3) is 3.92. The monoisotopic (exact) mass is 375 g/mol. The number of rotatable bonds is 5. The molecule has 0 bridgehead atoms. The van der Waals surface area contributed by atoms with Crippen molar-refractivity contribution in [2.24, 2.45) is 0 Å². The summed E-state index contributed by atoms with van der Waals surface area (Å²) in [7, 11) is 0. The zero-order chi connectivity index (χ0) is 13.7. The molecule has 0 saturated heterocycles. The topological polar surface area (TPSA) is 21.3 Å². The molecule has 2 rings (SSSR count). The molecular formula is C15H19FINO. The molecule has 1 heterocycles. The smallest absolute Gasteiger partial charge is 0.124 e. The van der Waals surface area contributed by atoms with E-state index in [1.807, 2.05) is 12.3 Å². The quantitative estimate of drug-likeness (QED) is 0.781. The number of benzene rings is 1. The number of hydrogen-bond donors (Lipinski definition) is 1. The molecular weight excluding hydrogens is 356 g/mol. The molecule has 0 saturated carbocycles. The van der Waals surface area contributed by atoms with Crippen LogP contribution < -0.4 is 5.32 Å². The van der Waals surface area contributed by atoms with Crippen LogP contribution in [0, 0.1) is 9.39 Å². The van der Waals surface area contributed by atoms with Gasteiger partial charge in [0, 0.05) is 3.57 Å². The number of halogens is 2. The fourth-order valence-electron chi connectivity index (χ4n) is 2.26. The lowest BCUT2D eigenvalue weighted by atomic mass is 9.95. The molecule has 19 heavy (non-hydrogen) atoms. The van der Waals surface area contributed by atoms with Crippen LogP contribution in [0.3, 0.4) is 0 Å². The summed E-state index contributed by atoms with van der Waals surface area (Å²) >= 11 is 2.20. The standard InChI is InChI=1S/C15H19FINO/c1-2-7-18-15(11-4-3-8-19-10-11)13-6-5-12(16)9-14(13)17/h5-6,9-10,15,18H,2-4,7-8H2,1H3. The molecule has 2 nitrogen and oxygen atoms in total. The molecule has 0 spiro atoms. The Hall–Kier alpha value is -0.620. The van der Waals surface area contributed by atoms with Gasteiger partial charge in [0.25, 0.3) is 0 Å². The maximum atomic E-state index is 13.2. The Labute approximate surface area is 127 Å². The normalized spacial score (nSPS) is 16.7. The second-order valence-electron chi connectivity index (χ2n) is 4.72. The van der Waals surface area contributed by atoms with Crippen LogP contribution in [-0.2, 0) is 4.74 Å². The van der Waals surface area contributed by atoms with Crippen molar-refractivity contribution in [3.63, 3.8) is 0 Å². The molecule has 0 amide bonds. The van der Waals surface area contributed by atoms with Crippen LogP contribution in [0.1, 0.15) is 37.8 Å². The van der Waals surface area contributed by atoms with E-state index in [1.165, 1.54) is 11.6 Å². The molecule has 0 radical (unpaired) electrons. The lowest BCUT2D eigenvalue weighted by Crippen LogP contribution is -2.26. The second kappa shape index (κ2) is 7.24. The molecule has 0 aliphatic carbocycles. The summed E-state index contributed by atoms with van der Waals surface area (Å²) in [5.74, 6) is -0.184. The summed E-state index contributed by atoms with van der Waals surface area (Å²) in [6.07, 6.45) is 5.03. The summed E-state index contributed by atoms with van der Waals surface area (Å²) in [6, 6.07) is 5.12. The van der Waals surface area contributed by atoms with Gasteiger partial charge in [-0.15, -0.1) is 0 Å². The zero-order valence-electron chi connectivity index (χ0n) is 11.1. The SMILES string of the molecule is CCCNC(C1=COCCC1)c1ccc(F)cc1I. The lowest BCUT2D eigenvalue weighted by Gasteiger charge is -2.25. The van der Waals surface area contributed by atoms with Gasteiger partial charge in [-0.25, -0.2) is 4.39 Å². The van der Waals surface area contributed by atoms with Gasteiger partial charge in [0.15, 0.2) is 0 Å². The Balaban J connectivity index is 2.27. The lowest BCUT2D eigenvalue weighted by molar-refractivity contribution is 0.219. The highest BCUT2D eigenvalue weighted by molar-refractivity contribution is 14.1. The predicted molar refractivity (Wildman–Crippen MR) is 83.4 cm³/mol. The highest BCUT2D eigenvalue weighted by atomic mass is 127. The van der Waals surface area contributed by atoms with E-state index in [1.54, 1.807) is 6.07 Å². The maximum absolute atomic E-state index is 13.2. The van der Waals surface area contributed by atoms with Crippen LogP contribution in [0.15, 0.2) is 30.0 Å². The van der Waals surface area contributed by atoms with E-state index in [0.29, 0.717) is 0 Å². The largest absolute Gasteiger partial charge is 0.501 e. The molecule has 104 valence electrons. The van der Waals surface area contributed by atoms with Gasteiger partial charge in [0.05, 0.1) is 18.9 Å². The zero-order valence-corrected chi connectivity index (χ0v) is 13.2. The van der Waals surface area contributed by atoms with Crippen LogP contribution in [0.4, 0.5) is 4.39 Å². The Morgan fingerprint density at radius 1 is 1.47 bits per heavy atom. The van der Waals surface area contributed by atoms with E-state index >= 15 is 0 Å². The van der Waals surface area contributed by atoms with E-state index < -0.39 is 0 Å². The van der Waals surface area contributed by atoms with Crippen molar-refractivity contribution in [1.82, 2.24) is 5.32 Å². The van der Waals surface area contributed by atoms with E-state index in [4.69, 9.17) is 4.74 Å². The van der Waals surface area contributed by atoms with Crippen LogP contribution in [0.5, 0.6) is 0 Å². The fourth-order valence-corrected chi connectivity index (χ4v) is 3.05. The number of nitrogens with one attached hydrogen (secondary N) is 1. The van der Waals surface area contributed by atoms with Crippen molar-refractivity contribution in [3.8, 4) is 0 Å². The molecule has 1 unspecified atom stereocenters. The third-order valence-electron chi connectivity index (χ3n) is 3.21. The fraction of sp³-hybridized carbons (Fsp3) is 0.467. The molecule has 1 aromatic carbocycles. The van der Waals surface area contributed by atoms with Gasteiger partial charge >= 0.3 is 0 Å². The first-order chi connectivity index (χ1) is 9.22. The highest BCUT2D eigenvalue weighted by Crippen LogP contribution is 2.30. The summed E-state index contributed by atoms with van der Waals surface area (Å²) in [5.41, 5.74) is 2.39. The number of hydrogen-bond acceptors (Lipinski definition) is 2. The first kappa shape index (κ1) is 14.8. The van der Waals surface area contributed by atoms with Gasteiger partial charge in [0.2, 0.25) is 0 Å². The summed E-state index contributed by atoms with van der Waals surface area (Å²) in [4.78, 5) is 0. The Bertz CT molecular complexity index is 461. The van der Waals surface area contributed by atoms with Crippen molar-refractivity contribution in [2.75, 3.05) is 13.2 Å². The third-order valence-corrected chi connectivity index (χ3v) is 4.14. The maximum Gasteiger partial charge on any atom is 0.124 e. The van der Waals surface area contributed by atoms with Crippen molar-refractivity contribution in [1.29, 1.82) is 0 Å². The molecule has 1 aliphatic rings. The van der Waals surface area contributed by atoms with Crippen molar-refractivity contribution in [2.45, 2.75) is 32.2 Å². The first-order valence-corrected chi connectivity index (χ1v) is 7.79. The van der Waals surface area contributed by atoms with E-state index in [0.717, 1.165) is 41.5 Å². The molecule has 4 heteroatoms. The molecule has 1 aromatic rings. The van der Waals surface area contributed by atoms with Crippen molar-refractivity contribution < 1.29 is 9.13 Å². The molecule has 0 aromatic heterocycles. The minimum atomic E-state index is -0.184. The van der Waals surface area contributed by atoms with Gasteiger partial charge in [-0.2, -0.15) is 0 Å². The van der Waals surface area contributed by atoms with Crippen LogP contribution in [0.25, 0.3) is 0 Å². The van der Waals surface area contributed by atoms with Crippen LogP contribution in [0.2, 0.25) is 0 Å². The predicted octanol–water partition coefficient (Wildman–Crippen LogP) is 4.17. The van der Waals surface area contributed by atoms with Crippen molar-refractivity contribution in [3.05, 3.63) is 45.0 Å². The van der Waals surface area contributed by atoms with E-state index in [9.17, 15) is 4.39 Å². The molecule has 1 aliphatic heterocycles. The van der Waals surface area contributed by atoms with Crippen LogP contribution in [-0.4, -0.2) is 13.2 Å². The second-order valence-corrected chi connectivity index (χ2v) is 5.88. The van der Waals surface area contributed by atoms with Gasteiger partial charge in [-0.3, -0.25) is 0 Å². The molecule has 1 atom stereocenters. The number of ether oxygens (including phenoxy) is 1. The molecule has 1 N–H and O–H groups in total. The van der Waals surface area contributed by atoms with Gasteiger partial charge in [-0.1, -0.05) is 13.0 Å². The molecule has 0 fully saturated rings. The first-order valence-electron chi connectivity index (χ1n) is 6.71. The van der Waals surface area contributed by atoms with E-state index in [2.05, 4.69) is 34.8 Å². The summed E-state index contributed by atoms with van der Waals surface area (Å²) in [5, 5.41) is 3.54. The minimum Gasteiger partial charge on any atom is -0.501 e. The summed E-state index contributed by atoms with van der Waals surface area (Å²) in [6.45, 7) is 3.88. The Morgan fingerprint density at radius 2 is 2.32 bits per heavy atom. The Morgan fingerprint density at radius 3 is 2.95 bits per heavy atom. The highest BCUT2D eigenvalue weighted by Gasteiger charge is 2.20. The van der Waals surface area contributed by atoms with Gasteiger partial charge < -0.3 is 10.1 Å².